The monoisotopic (exact) mass is 220 g/mol. The Hall–Kier alpha value is -2.30. The van der Waals surface area contributed by atoms with Crippen LogP contribution in [0.3, 0.4) is 0 Å². The van der Waals surface area contributed by atoms with Crippen molar-refractivity contribution < 1.29 is 19.4 Å². The Morgan fingerprint density at radius 1 is 1.31 bits per heavy atom. The van der Waals surface area contributed by atoms with Crippen LogP contribution in [0, 0.1) is 0 Å². The Balaban J connectivity index is 2.89. The molecule has 5 nitrogen and oxygen atoms in total. The van der Waals surface area contributed by atoms with Crippen LogP contribution in [-0.2, 0) is 0 Å². The van der Waals surface area contributed by atoms with E-state index in [4.69, 9.17) is 9.52 Å². The summed E-state index contributed by atoms with van der Waals surface area (Å²) in [7, 11) is 0. The molecule has 1 aromatic carbocycles. The maximum Gasteiger partial charge on any atom is 0.378 e. The molecule has 0 amide bonds. The predicted molar refractivity (Wildman–Crippen MR) is 55.8 cm³/mol. The first kappa shape index (κ1) is 10.2. The van der Waals surface area contributed by atoms with Gasteiger partial charge >= 0.3 is 5.63 Å². The first-order valence-electron chi connectivity index (χ1n) is 4.50. The number of aromatic hydroxyl groups is 2. The number of carbonyl (C=O) groups excluding carboxylic acids is 1. The molecule has 0 bridgehead atoms. The Bertz CT molecular complexity index is 639. The summed E-state index contributed by atoms with van der Waals surface area (Å²) in [5.74, 6) is -1.22. The molecule has 0 radical (unpaired) electrons. The SMILES string of the molecule is CC(=O)c1ccc2oc(=O)c(O)cc2c1O. The lowest BCUT2D eigenvalue weighted by Gasteiger charge is -2.04. The van der Waals surface area contributed by atoms with Gasteiger partial charge in [-0.2, -0.15) is 0 Å². The van der Waals surface area contributed by atoms with E-state index in [9.17, 15) is 14.7 Å². The van der Waals surface area contributed by atoms with Crippen LogP contribution in [0.2, 0.25) is 0 Å². The fourth-order valence-electron chi connectivity index (χ4n) is 1.45. The molecule has 0 fully saturated rings. The Morgan fingerprint density at radius 3 is 2.62 bits per heavy atom. The summed E-state index contributed by atoms with van der Waals surface area (Å²) in [5, 5.41) is 19.0. The van der Waals surface area contributed by atoms with E-state index < -0.39 is 11.4 Å². The number of fused-ring (bicyclic) bond motifs is 1. The Morgan fingerprint density at radius 2 is 2.00 bits per heavy atom. The maximum atomic E-state index is 11.1. The minimum absolute atomic E-state index is 0.112. The smallest absolute Gasteiger partial charge is 0.378 e. The predicted octanol–water partition coefficient (Wildman–Crippen LogP) is 1.41. The molecule has 16 heavy (non-hydrogen) atoms. The van der Waals surface area contributed by atoms with Crippen LogP contribution in [-0.4, -0.2) is 16.0 Å². The van der Waals surface area contributed by atoms with Gasteiger partial charge in [0.05, 0.1) is 10.9 Å². The van der Waals surface area contributed by atoms with Gasteiger partial charge in [-0.25, -0.2) is 4.79 Å². The summed E-state index contributed by atoms with van der Waals surface area (Å²) in [6.07, 6.45) is 0. The van der Waals surface area contributed by atoms with Gasteiger partial charge in [0.2, 0.25) is 5.75 Å². The zero-order chi connectivity index (χ0) is 11.9. The zero-order valence-electron chi connectivity index (χ0n) is 8.35. The zero-order valence-corrected chi connectivity index (χ0v) is 8.35. The molecular formula is C11H8O5. The van der Waals surface area contributed by atoms with Gasteiger partial charge in [-0.3, -0.25) is 4.79 Å². The Kier molecular flexibility index (Phi) is 2.16. The lowest BCUT2D eigenvalue weighted by Crippen LogP contribution is -1.99. The summed E-state index contributed by atoms with van der Waals surface area (Å²) < 4.78 is 4.73. The molecule has 0 saturated carbocycles. The van der Waals surface area contributed by atoms with Crippen molar-refractivity contribution in [2.75, 3.05) is 0 Å². The van der Waals surface area contributed by atoms with Crippen LogP contribution in [0.4, 0.5) is 0 Å². The molecule has 2 N–H and O–H groups in total. The largest absolute Gasteiger partial charge is 0.506 e. The standard InChI is InChI=1S/C11H8O5/c1-5(12)6-2-3-9-7(10(6)14)4-8(13)11(15)16-9/h2-4,13-14H,1H3. The van der Waals surface area contributed by atoms with Crippen LogP contribution < -0.4 is 5.63 Å². The molecule has 82 valence electrons. The van der Waals surface area contributed by atoms with E-state index in [1.165, 1.54) is 19.1 Å². The molecule has 0 aliphatic carbocycles. The van der Waals surface area contributed by atoms with E-state index in [0.29, 0.717) is 0 Å². The number of Topliss-reactive ketones (excluding diaryl/α,β-unsaturated/α-hetero) is 1. The van der Waals surface area contributed by atoms with Crippen LogP contribution in [0.25, 0.3) is 11.0 Å². The van der Waals surface area contributed by atoms with Gasteiger partial charge in [-0.05, 0) is 19.1 Å². The highest BCUT2D eigenvalue weighted by Gasteiger charge is 2.13. The number of phenols is 1. The molecular weight excluding hydrogens is 212 g/mol. The summed E-state index contributed by atoms with van der Waals surface area (Å²) in [6.45, 7) is 1.31. The van der Waals surface area contributed by atoms with Crippen molar-refractivity contribution >= 4 is 16.8 Å². The second-order valence-corrected chi connectivity index (χ2v) is 3.35. The molecule has 0 saturated heterocycles. The topological polar surface area (TPSA) is 87.7 Å². The van der Waals surface area contributed by atoms with E-state index in [1.54, 1.807) is 0 Å². The van der Waals surface area contributed by atoms with Crippen molar-refractivity contribution in [3.8, 4) is 11.5 Å². The van der Waals surface area contributed by atoms with Crippen molar-refractivity contribution in [3.05, 3.63) is 34.2 Å². The van der Waals surface area contributed by atoms with Crippen molar-refractivity contribution in [1.29, 1.82) is 0 Å². The van der Waals surface area contributed by atoms with E-state index in [1.807, 2.05) is 0 Å². The third kappa shape index (κ3) is 1.42. The third-order valence-electron chi connectivity index (χ3n) is 2.25. The van der Waals surface area contributed by atoms with E-state index in [-0.39, 0.29) is 28.1 Å². The van der Waals surface area contributed by atoms with Crippen LogP contribution >= 0.6 is 0 Å². The summed E-state index contributed by atoms with van der Waals surface area (Å²) in [6, 6.07) is 3.83. The maximum absolute atomic E-state index is 11.1. The molecule has 0 atom stereocenters. The number of rotatable bonds is 1. The number of ketones is 1. The molecule has 0 unspecified atom stereocenters. The van der Waals surface area contributed by atoms with E-state index >= 15 is 0 Å². The lowest BCUT2D eigenvalue weighted by molar-refractivity contribution is 0.101. The normalized spacial score (nSPS) is 10.6. The quantitative estimate of drug-likeness (QED) is 0.560. The molecule has 2 rings (SSSR count). The summed E-state index contributed by atoms with van der Waals surface area (Å²) >= 11 is 0. The van der Waals surface area contributed by atoms with Crippen LogP contribution in [0.5, 0.6) is 11.5 Å². The summed E-state index contributed by atoms with van der Waals surface area (Å²) in [5.41, 5.74) is -0.659. The minimum Gasteiger partial charge on any atom is -0.506 e. The van der Waals surface area contributed by atoms with Gasteiger partial charge in [-0.15, -0.1) is 0 Å². The Labute approximate surface area is 89.6 Å². The van der Waals surface area contributed by atoms with Crippen molar-refractivity contribution in [3.63, 3.8) is 0 Å². The van der Waals surface area contributed by atoms with Gasteiger partial charge in [0.15, 0.2) is 5.78 Å². The lowest BCUT2D eigenvalue weighted by atomic mass is 10.1. The fraction of sp³-hybridized carbons (Fsp3) is 0.0909. The first-order chi connectivity index (χ1) is 7.50. The molecule has 5 heteroatoms. The molecule has 2 aromatic rings. The number of benzene rings is 1. The number of phenolic OH excluding ortho intramolecular Hbond substituents is 1. The molecule has 0 spiro atoms. The van der Waals surface area contributed by atoms with Crippen molar-refractivity contribution in [1.82, 2.24) is 0 Å². The van der Waals surface area contributed by atoms with Gasteiger partial charge in [0.1, 0.15) is 11.3 Å². The number of hydrogen-bond acceptors (Lipinski definition) is 5. The number of hydrogen-bond donors (Lipinski definition) is 2. The van der Waals surface area contributed by atoms with Crippen molar-refractivity contribution in [2.45, 2.75) is 6.92 Å². The second kappa shape index (κ2) is 3.37. The molecule has 0 aliphatic heterocycles. The van der Waals surface area contributed by atoms with Crippen molar-refractivity contribution in [2.24, 2.45) is 0 Å². The highest BCUT2D eigenvalue weighted by Crippen LogP contribution is 2.29. The number of carbonyl (C=O) groups is 1. The van der Waals surface area contributed by atoms with Gasteiger partial charge in [-0.1, -0.05) is 0 Å². The van der Waals surface area contributed by atoms with Crippen LogP contribution in [0.1, 0.15) is 17.3 Å². The fourth-order valence-corrected chi connectivity index (χ4v) is 1.45. The third-order valence-corrected chi connectivity index (χ3v) is 2.25. The van der Waals surface area contributed by atoms with Gasteiger partial charge < -0.3 is 14.6 Å². The highest BCUT2D eigenvalue weighted by atomic mass is 16.4. The first-order valence-corrected chi connectivity index (χ1v) is 4.50. The molecule has 0 aliphatic rings. The minimum atomic E-state index is -0.887. The second-order valence-electron chi connectivity index (χ2n) is 3.35. The van der Waals surface area contributed by atoms with E-state index in [0.717, 1.165) is 6.07 Å². The van der Waals surface area contributed by atoms with Gasteiger partial charge in [0, 0.05) is 6.07 Å². The van der Waals surface area contributed by atoms with Crippen LogP contribution in [0.15, 0.2) is 27.4 Å². The van der Waals surface area contributed by atoms with E-state index in [2.05, 4.69) is 0 Å². The highest BCUT2D eigenvalue weighted by molar-refractivity contribution is 6.02. The molecule has 1 heterocycles. The average molecular weight is 220 g/mol. The van der Waals surface area contributed by atoms with Gasteiger partial charge in [0.25, 0.3) is 0 Å². The average Bonchev–Trinajstić information content (AvgIpc) is 2.21. The summed E-state index contributed by atoms with van der Waals surface area (Å²) in [4.78, 5) is 22.1. The molecule has 1 aromatic heterocycles.